The molecule has 3 atom stereocenters. The van der Waals surface area contributed by atoms with Gasteiger partial charge in [0.15, 0.2) is 0 Å². The van der Waals surface area contributed by atoms with Crippen LogP contribution < -0.4 is 5.32 Å². The van der Waals surface area contributed by atoms with E-state index in [-0.39, 0.29) is 24.0 Å². The van der Waals surface area contributed by atoms with Crippen molar-refractivity contribution in [1.82, 2.24) is 4.90 Å². The molecule has 0 saturated heterocycles. The Balaban J connectivity index is 1.94. The van der Waals surface area contributed by atoms with Gasteiger partial charge >= 0.3 is 0 Å². The van der Waals surface area contributed by atoms with Crippen molar-refractivity contribution in [3.05, 3.63) is 28.2 Å². The van der Waals surface area contributed by atoms with Crippen molar-refractivity contribution >= 4 is 34.8 Å². The highest BCUT2D eigenvalue weighted by molar-refractivity contribution is 6.35. The largest absolute Gasteiger partial charge is 0.393 e. The minimum Gasteiger partial charge on any atom is -0.393 e. The monoisotopic (exact) mass is 344 g/mol. The first kappa shape index (κ1) is 17.5. The van der Waals surface area contributed by atoms with Crippen LogP contribution in [0, 0.1) is 5.92 Å². The summed E-state index contributed by atoms with van der Waals surface area (Å²) in [5, 5.41) is 13.7. The maximum absolute atomic E-state index is 12.4. The van der Waals surface area contributed by atoms with Gasteiger partial charge in [0.2, 0.25) is 5.91 Å². The summed E-state index contributed by atoms with van der Waals surface area (Å²) >= 11 is 12.0. The van der Waals surface area contributed by atoms with Gasteiger partial charge in [0.1, 0.15) is 0 Å². The fourth-order valence-corrected chi connectivity index (χ4v) is 3.13. The Bertz CT molecular complexity index is 539. The summed E-state index contributed by atoms with van der Waals surface area (Å²) in [6.07, 6.45) is 2.68. The molecule has 22 heavy (non-hydrogen) atoms. The van der Waals surface area contributed by atoms with Crippen molar-refractivity contribution < 1.29 is 9.90 Å². The Labute approximate surface area is 141 Å². The van der Waals surface area contributed by atoms with Crippen molar-refractivity contribution in [2.75, 3.05) is 18.9 Å². The second-order valence-corrected chi connectivity index (χ2v) is 6.83. The summed E-state index contributed by atoms with van der Waals surface area (Å²) in [6.45, 7) is 2.55. The lowest BCUT2D eigenvalue weighted by Gasteiger charge is -2.28. The quantitative estimate of drug-likeness (QED) is 0.860. The first-order chi connectivity index (χ1) is 10.4. The lowest BCUT2D eigenvalue weighted by atomic mass is 10.0. The van der Waals surface area contributed by atoms with E-state index in [0.29, 0.717) is 22.3 Å². The van der Waals surface area contributed by atoms with E-state index in [1.165, 1.54) is 0 Å². The highest BCUT2D eigenvalue weighted by Gasteiger charge is 2.29. The molecule has 122 valence electrons. The van der Waals surface area contributed by atoms with E-state index < -0.39 is 0 Å². The normalized spacial score (nSPS) is 22.8. The minimum absolute atomic E-state index is 0.140. The van der Waals surface area contributed by atoms with Gasteiger partial charge in [0.25, 0.3) is 0 Å². The van der Waals surface area contributed by atoms with Crippen molar-refractivity contribution in [3.63, 3.8) is 0 Å². The van der Waals surface area contributed by atoms with Gasteiger partial charge in [-0.15, -0.1) is 0 Å². The third-order valence-electron chi connectivity index (χ3n) is 4.37. The molecule has 0 radical (unpaired) electrons. The van der Waals surface area contributed by atoms with Crippen LogP contribution in [0.1, 0.15) is 26.2 Å². The summed E-state index contributed by atoms with van der Waals surface area (Å²) in [5.41, 5.74) is 0.514. The van der Waals surface area contributed by atoms with Gasteiger partial charge < -0.3 is 10.4 Å². The van der Waals surface area contributed by atoms with Gasteiger partial charge in [-0.3, -0.25) is 9.69 Å². The van der Waals surface area contributed by atoms with Crippen LogP contribution >= 0.6 is 23.2 Å². The number of likely N-dealkylation sites (N-methyl/N-ethyl adjacent to an activating group) is 1. The number of benzene rings is 1. The van der Waals surface area contributed by atoms with Crippen LogP contribution in [-0.2, 0) is 4.79 Å². The zero-order chi connectivity index (χ0) is 16.3. The molecule has 1 aliphatic carbocycles. The van der Waals surface area contributed by atoms with Crippen LogP contribution in [0.2, 0.25) is 10.0 Å². The first-order valence-corrected chi connectivity index (χ1v) is 8.28. The zero-order valence-electron chi connectivity index (χ0n) is 12.9. The smallest absolute Gasteiger partial charge is 0.241 e. The Morgan fingerprint density at radius 2 is 2.18 bits per heavy atom. The summed E-state index contributed by atoms with van der Waals surface area (Å²) in [5.74, 6) is 0.106. The number of carbonyl (C=O) groups excluding carboxylic acids is 1. The average molecular weight is 345 g/mol. The van der Waals surface area contributed by atoms with Crippen LogP contribution in [-0.4, -0.2) is 41.7 Å². The number of amides is 1. The molecule has 4 nitrogen and oxygen atoms in total. The molecule has 1 aromatic carbocycles. The van der Waals surface area contributed by atoms with E-state index in [4.69, 9.17) is 23.2 Å². The molecule has 1 aromatic rings. The van der Waals surface area contributed by atoms with E-state index in [1.807, 2.05) is 18.9 Å². The second kappa shape index (κ2) is 7.64. The molecule has 0 aliphatic heterocycles. The van der Waals surface area contributed by atoms with Crippen LogP contribution in [0.3, 0.4) is 0 Å². The molecule has 3 unspecified atom stereocenters. The van der Waals surface area contributed by atoms with Gasteiger partial charge in [-0.05, 0) is 50.9 Å². The number of anilines is 1. The topological polar surface area (TPSA) is 52.6 Å². The summed E-state index contributed by atoms with van der Waals surface area (Å²) < 4.78 is 0. The fraction of sp³-hybridized carbons (Fsp3) is 0.562. The predicted molar refractivity (Wildman–Crippen MR) is 90.5 cm³/mol. The summed E-state index contributed by atoms with van der Waals surface area (Å²) in [6, 6.07) is 4.65. The van der Waals surface area contributed by atoms with Crippen molar-refractivity contribution in [2.24, 2.45) is 5.92 Å². The number of aliphatic hydroxyl groups is 1. The van der Waals surface area contributed by atoms with Crippen LogP contribution in [0.15, 0.2) is 18.2 Å². The summed E-state index contributed by atoms with van der Waals surface area (Å²) in [7, 11) is 1.90. The number of carbonyl (C=O) groups is 1. The van der Waals surface area contributed by atoms with Gasteiger partial charge in [-0.25, -0.2) is 0 Å². The Kier molecular flexibility index (Phi) is 6.09. The number of rotatable bonds is 5. The van der Waals surface area contributed by atoms with Crippen LogP contribution in [0.4, 0.5) is 5.69 Å². The van der Waals surface area contributed by atoms with Gasteiger partial charge in [0, 0.05) is 11.6 Å². The molecular formula is C16H22Cl2N2O2. The highest BCUT2D eigenvalue weighted by atomic mass is 35.5. The molecule has 1 fully saturated rings. The molecule has 0 spiro atoms. The van der Waals surface area contributed by atoms with E-state index in [1.54, 1.807) is 18.2 Å². The third kappa shape index (κ3) is 4.35. The number of hydrogen-bond acceptors (Lipinski definition) is 3. The number of nitrogens with one attached hydrogen (secondary N) is 1. The van der Waals surface area contributed by atoms with E-state index in [9.17, 15) is 9.90 Å². The number of hydrogen-bond donors (Lipinski definition) is 2. The standard InChI is InChI=1S/C16H22Cl2N2O2/c1-10(20(2)9-11-4-3-5-15(11)21)16(22)19-14-8-12(17)6-7-13(14)18/h6-8,10-11,15,21H,3-5,9H2,1-2H3,(H,19,22). The number of nitrogens with zero attached hydrogens (tertiary/aromatic N) is 1. The molecule has 0 bridgehead atoms. The van der Waals surface area contributed by atoms with Gasteiger partial charge in [-0.2, -0.15) is 0 Å². The summed E-state index contributed by atoms with van der Waals surface area (Å²) in [4.78, 5) is 14.3. The molecule has 2 rings (SSSR count). The molecule has 0 aromatic heterocycles. The Morgan fingerprint density at radius 1 is 1.45 bits per heavy atom. The highest BCUT2D eigenvalue weighted by Crippen LogP contribution is 2.27. The molecule has 2 N–H and O–H groups in total. The third-order valence-corrected chi connectivity index (χ3v) is 4.93. The number of aliphatic hydroxyl groups excluding tert-OH is 1. The molecule has 0 heterocycles. The second-order valence-electron chi connectivity index (χ2n) is 5.99. The molecule has 1 amide bonds. The fourth-order valence-electron chi connectivity index (χ4n) is 2.79. The van der Waals surface area contributed by atoms with Crippen molar-refractivity contribution in [2.45, 2.75) is 38.3 Å². The minimum atomic E-state index is -0.317. The molecule has 1 aliphatic rings. The van der Waals surface area contributed by atoms with E-state index in [0.717, 1.165) is 19.3 Å². The maximum atomic E-state index is 12.4. The lowest BCUT2D eigenvalue weighted by molar-refractivity contribution is -0.120. The van der Waals surface area contributed by atoms with Crippen LogP contribution in [0.25, 0.3) is 0 Å². The predicted octanol–water partition coefficient (Wildman–Crippen LogP) is 3.41. The Hall–Kier alpha value is -0.810. The van der Waals surface area contributed by atoms with E-state index in [2.05, 4.69) is 5.32 Å². The number of halogens is 2. The zero-order valence-corrected chi connectivity index (χ0v) is 14.4. The van der Waals surface area contributed by atoms with Gasteiger partial charge in [-0.1, -0.05) is 29.6 Å². The first-order valence-electron chi connectivity index (χ1n) is 7.52. The molecule has 6 heteroatoms. The molecule has 1 saturated carbocycles. The average Bonchev–Trinajstić information content (AvgIpc) is 2.87. The Morgan fingerprint density at radius 3 is 2.82 bits per heavy atom. The lowest BCUT2D eigenvalue weighted by Crippen LogP contribution is -2.43. The van der Waals surface area contributed by atoms with E-state index >= 15 is 0 Å². The molecular weight excluding hydrogens is 323 g/mol. The maximum Gasteiger partial charge on any atom is 0.241 e. The van der Waals surface area contributed by atoms with Crippen molar-refractivity contribution in [1.29, 1.82) is 0 Å². The van der Waals surface area contributed by atoms with Crippen molar-refractivity contribution in [3.8, 4) is 0 Å². The van der Waals surface area contributed by atoms with Crippen LogP contribution in [0.5, 0.6) is 0 Å². The SMILES string of the molecule is CC(C(=O)Nc1cc(Cl)ccc1Cl)N(C)CC1CCCC1O. The van der Waals surface area contributed by atoms with Gasteiger partial charge in [0.05, 0.1) is 22.9 Å².